The first-order chi connectivity index (χ1) is 8.79. The topological polar surface area (TPSA) is 41.5 Å². The Morgan fingerprint density at radius 1 is 1.44 bits per heavy atom. The highest BCUT2D eigenvalue weighted by Crippen LogP contribution is 2.23. The second-order valence-corrected chi connectivity index (χ2v) is 5.75. The second kappa shape index (κ2) is 7.02. The van der Waals surface area contributed by atoms with E-state index in [0.717, 1.165) is 23.5 Å². The van der Waals surface area contributed by atoms with E-state index in [1.54, 1.807) is 0 Å². The highest BCUT2D eigenvalue weighted by molar-refractivity contribution is 7.99. The fraction of sp³-hybridized carbons (Fsp3) is 0.571. The number of ether oxygens (including phenoxy) is 1. The van der Waals surface area contributed by atoms with Gasteiger partial charge in [0.25, 0.3) is 0 Å². The molecule has 2 rings (SSSR count). The number of aliphatic hydroxyl groups is 1. The van der Waals surface area contributed by atoms with Crippen LogP contribution in [-0.2, 0) is 0 Å². The molecule has 0 bridgehead atoms. The Morgan fingerprint density at radius 2 is 2.22 bits per heavy atom. The first-order valence-electron chi connectivity index (χ1n) is 6.46. The maximum atomic E-state index is 9.83. The summed E-state index contributed by atoms with van der Waals surface area (Å²) < 4.78 is 5.93. The molecule has 1 fully saturated rings. The molecule has 0 amide bonds. The summed E-state index contributed by atoms with van der Waals surface area (Å²) >= 11 is 1.96. The minimum absolute atomic E-state index is 0.344. The van der Waals surface area contributed by atoms with Gasteiger partial charge in [-0.2, -0.15) is 11.8 Å². The lowest BCUT2D eigenvalue weighted by Crippen LogP contribution is -2.23. The van der Waals surface area contributed by atoms with Crippen LogP contribution in [0, 0.1) is 0 Å². The summed E-state index contributed by atoms with van der Waals surface area (Å²) in [5.41, 5.74) is 0.926. The lowest BCUT2D eigenvalue weighted by atomic mass is 10.1. The molecule has 2 atom stereocenters. The molecule has 3 nitrogen and oxygen atoms in total. The van der Waals surface area contributed by atoms with Crippen LogP contribution in [-0.4, -0.2) is 36.3 Å². The van der Waals surface area contributed by atoms with Crippen molar-refractivity contribution in [3.8, 4) is 5.75 Å². The van der Waals surface area contributed by atoms with E-state index in [4.69, 9.17) is 4.74 Å². The molecule has 1 aromatic carbocycles. The van der Waals surface area contributed by atoms with E-state index in [9.17, 15) is 5.11 Å². The molecule has 2 unspecified atom stereocenters. The molecular weight excluding hydrogens is 246 g/mol. The average Bonchev–Trinajstić information content (AvgIpc) is 2.41. The van der Waals surface area contributed by atoms with Crippen LogP contribution >= 0.6 is 11.8 Å². The highest BCUT2D eigenvalue weighted by Gasteiger charge is 2.15. The Kier molecular flexibility index (Phi) is 5.35. The molecule has 0 aliphatic carbocycles. The minimum atomic E-state index is -0.450. The number of rotatable bonds is 5. The van der Waals surface area contributed by atoms with Gasteiger partial charge in [0.1, 0.15) is 11.9 Å². The van der Waals surface area contributed by atoms with Crippen LogP contribution in [0.2, 0.25) is 0 Å². The van der Waals surface area contributed by atoms with Crippen molar-refractivity contribution in [1.82, 2.24) is 5.32 Å². The van der Waals surface area contributed by atoms with Crippen molar-refractivity contribution in [2.45, 2.75) is 25.0 Å². The molecule has 0 radical (unpaired) electrons. The molecule has 18 heavy (non-hydrogen) atoms. The van der Waals surface area contributed by atoms with E-state index < -0.39 is 6.10 Å². The fourth-order valence-electron chi connectivity index (χ4n) is 2.08. The highest BCUT2D eigenvalue weighted by atomic mass is 32.2. The smallest absolute Gasteiger partial charge is 0.119 e. The van der Waals surface area contributed by atoms with Gasteiger partial charge in [0.15, 0.2) is 0 Å². The molecule has 1 aliphatic heterocycles. The molecule has 2 N–H and O–H groups in total. The molecule has 0 aromatic heterocycles. The number of likely N-dealkylation sites (N-methyl/N-ethyl adjacent to an activating group) is 1. The lowest BCUT2D eigenvalue weighted by Gasteiger charge is -2.22. The monoisotopic (exact) mass is 267 g/mol. The molecule has 1 aromatic rings. The Labute approximate surface area is 113 Å². The number of hydrogen-bond donors (Lipinski definition) is 2. The average molecular weight is 267 g/mol. The second-order valence-electron chi connectivity index (χ2n) is 4.60. The number of thioether (sulfide) groups is 1. The van der Waals surface area contributed by atoms with Crippen molar-refractivity contribution < 1.29 is 9.84 Å². The van der Waals surface area contributed by atoms with Crippen LogP contribution in [0.4, 0.5) is 0 Å². The summed E-state index contributed by atoms with van der Waals surface area (Å²) in [6, 6.07) is 7.78. The fourth-order valence-corrected chi connectivity index (χ4v) is 3.11. The van der Waals surface area contributed by atoms with Gasteiger partial charge in [-0.3, -0.25) is 0 Å². The predicted molar refractivity (Wildman–Crippen MR) is 76.3 cm³/mol. The summed E-state index contributed by atoms with van der Waals surface area (Å²) in [4.78, 5) is 0. The van der Waals surface area contributed by atoms with E-state index in [2.05, 4.69) is 5.32 Å². The summed E-state index contributed by atoms with van der Waals surface area (Å²) in [6.45, 7) is 0.569. The van der Waals surface area contributed by atoms with Crippen molar-refractivity contribution >= 4 is 11.8 Å². The van der Waals surface area contributed by atoms with Crippen LogP contribution < -0.4 is 10.1 Å². The lowest BCUT2D eigenvalue weighted by molar-refractivity contribution is 0.177. The normalized spacial score (nSPS) is 21.6. The van der Waals surface area contributed by atoms with Crippen molar-refractivity contribution in [3.05, 3.63) is 29.8 Å². The van der Waals surface area contributed by atoms with Gasteiger partial charge < -0.3 is 15.2 Å². The van der Waals surface area contributed by atoms with Crippen LogP contribution in [0.1, 0.15) is 24.5 Å². The summed E-state index contributed by atoms with van der Waals surface area (Å²) in [7, 11) is 1.83. The number of hydrogen-bond acceptors (Lipinski definition) is 4. The largest absolute Gasteiger partial charge is 0.490 e. The van der Waals surface area contributed by atoms with E-state index in [1.165, 1.54) is 12.2 Å². The van der Waals surface area contributed by atoms with Crippen molar-refractivity contribution in [2.24, 2.45) is 0 Å². The molecule has 100 valence electrons. The first kappa shape index (κ1) is 13.7. The molecule has 1 aliphatic rings. The zero-order valence-electron chi connectivity index (χ0n) is 10.8. The predicted octanol–water partition coefficient (Wildman–Crippen LogP) is 2.21. The van der Waals surface area contributed by atoms with Gasteiger partial charge >= 0.3 is 0 Å². The maximum absolute atomic E-state index is 9.83. The molecule has 1 saturated heterocycles. The van der Waals surface area contributed by atoms with Gasteiger partial charge in [-0.15, -0.1) is 0 Å². The third-order valence-electron chi connectivity index (χ3n) is 3.08. The van der Waals surface area contributed by atoms with E-state index in [-0.39, 0.29) is 0 Å². The molecule has 4 heteroatoms. The van der Waals surface area contributed by atoms with Gasteiger partial charge in [0.2, 0.25) is 0 Å². The van der Waals surface area contributed by atoms with Gasteiger partial charge in [0.05, 0.1) is 6.10 Å². The summed E-state index contributed by atoms with van der Waals surface area (Å²) in [6.07, 6.45) is 2.29. The Bertz CT molecular complexity index is 349. The molecular formula is C14H21NO2S. The number of benzene rings is 1. The van der Waals surface area contributed by atoms with E-state index in [0.29, 0.717) is 12.6 Å². The Balaban J connectivity index is 1.90. The van der Waals surface area contributed by atoms with Crippen LogP contribution in [0.3, 0.4) is 0 Å². The molecule has 1 heterocycles. The summed E-state index contributed by atoms with van der Waals surface area (Å²) in [5.74, 6) is 3.25. The molecule has 0 spiro atoms. The SMILES string of the molecule is CNCC(O)c1ccc(OC2CCCSC2)cc1. The van der Waals surface area contributed by atoms with E-state index >= 15 is 0 Å². The molecule has 0 saturated carbocycles. The van der Waals surface area contributed by atoms with Crippen LogP contribution in [0.15, 0.2) is 24.3 Å². The zero-order valence-corrected chi connectivity index (χ0v) is 11.6. The quantitative estimate of drug-likeness (QED) is 0.858. The third-order valence-corrected chi connectivity index (χ3v) is 4.27. The Hall–Kier alpha value is -0.710. The number of aliphatic hydroxyl groups excluding tert-OH is 1. The maximum Gasteiger partial charge on any atom is 0.119 e. The van der Waals surface area contributed by atoms with Crippen LogP contribution in [0.5, 0.6) is 5.75 Å². The Morgan fingerprint density at radius 3 is 2.83 bits per heavy atom. The van der Waals surface area contributed by atoms with Gasteiger partial charge in [-0.25, -0.2) is 0 Å². The number of nitrogens with one attached hydrogen (secondary N) is 1. The van der Waals surface area contributed by atoms with E-state index in [1.807, 2.05) is 43.1 Å². The zero-order chi connectivity index (χ0) is 12.8. The standard InChI is InChI=1S/C14H21NO2S/c1-15-9-14(16)11-4-6-12(7-5-11)17-13-3-2-8-18-10-13/h4-7,13-16H,2-3,8-10H2,1H3. The van der Waals surface area contributed by atoms with Crippen LogP contribution in [0.25, 0.3) is 0 Å². The van der Waals surface area contributed by atoms with Gasteiger partial charge in [-0.05, 0) is 43.3 Å². The van der Waals surface area contributed by atoms with Crippen molar-refractivity contribution in [2.75, 3.05) is 25.1 Å². The van der Waals surface area contributed by atoms with Gasteiger partial charge in [0, 0.05) is 12.3 Å². The minimum Gasteiger partial charge on any atom is -0.490 e. The van der Waals surface area contributed by atoms with Gasteiger partial charge in [-0.1, -0.05) is 12.1 Å². The summed E-state index contributed by atoms with van der Waals surface area (Å²) in [5, 5.41) is 12.8. The third kappa shape index (κ3) is 3.90. The van der Waals surface area contributed by atoms with Crippen molar-refractivity contribution in [1.29, 1.82) is 0 Å². The van der Waals surface area contributed by atoms with Crippen molar-refractivity contribution in [3.63, 3.8) is 0 Å². The first-order valence-corrected chi connectivity index (χ1v) is 7.62.